The first-order valence-corrected chi connectivity index (χ1v) is 11.2. The number of carbonyl (C=O) groups excluding carboxylic acids is 1. The van der Waals surface area contributed by atoms with Crippen molar-refractivity contribution >= 4 is 28.9 Å². The Kier molecular flexibility index (Phi) is 5.68. The van der Waals surface area contributed by atoms with E-state index in [1.165, 1.54) is 10.7 Å². The van der Waals surface area contributed by atoms with E-state index in [2.05, 4.69) is 26.0 Å². The fourth-order valence-electron chi connectivity index (χ4n) is 4.26. The van der Waals surface area contributed by atoms with Crippen molar-refractivity contribution in [3.63, 3.8) is 0 Å². The van der Waals surface area contributed by atoms with E-state index in [0.29, 0.717) is 30.5 Å². The highest BCUT2D eigenvalue weighted by molar-refractivity contribution is 6.00. The lowest BCUT2D eigenvalue weighted by molar-refractivity contribution is -0.102. The number of carbonyl (C=O) groups is 1. The quantitative estimate of drug-likeness (QED) is 0.504. The van der Waals surface area contributed by atoms with E-state index in [0.717, 1.165) is 12.8 Å². The summed E-state index contributed by atoms with van der Waals surface area (Å²) in [7, 11) is 1.67. The number of anilines is 3. The summed E-state index contributed by atoms with van der Waals surface area (Å²) in [5.41, 5.74) is 0.329. The van der Waals surface area contributed by atoms with Gasteiger partial charge in [0.1, 0.15) is 22.9 Å². The van der Waals surface area contributed by atoms with Crippen molar-refractivity contribution in [2.75, 3.05) is 30.9 Å². The van der Waals surface area contributed by atoms with Gasteiger partial charge in [-0.2, -0.15) is 9.61 Å². The van der Waals surface area contributed by atoms with Crippen LogP contribution < -0.4 is 21.5 Å². The highest BCUT2D eigenvalue weighted by Crippen LogP contribution is 2.37. The zero-order valence-electron chi connectivity index (χ0n) is 18.6. The highest BCUT2D eigenvalue weighted by atomic mass is 19.3. The summed E-state index contributed by atoms with van der Waals surface area (Å²) >= 11 is 0. The number of halogens is 2. The number of nitrogens with one attached hydrogen (secondary N) is 3. The van der Waals surface area contributed by atoms with Gasteiger partial charge in [-0.25, -0.2) is 13.8 Å². The topological polar surface area (TPSA) is 115 Å². The van der Waals surface area contributed by atoms with Gasteiger partial charge in [0.2, 0.25) is 0 Å². The second-order valence-corrected chi connectivity index (χ2v) is 8.53. The third-order valence-corrected chi connectivity index (χ3v) is 6.32. The molecule has 1 saturated heterocycles. The standard InChI is InChI=1S/C22H25F2N7O3/c1-25-18-10-17(27-15-5-2-8-30(21(15)33)13-4-3-9-34-12-13)29-19-14(11-26-31(18)19)20(32)28-16-6-7-22(16,23)24/h2,5,8,10-11,13,16,25H,3-4,6-7,9,12H2,1H3,(H,27,29)(H,28,32). The van der Waals surface area contributed by atoms with Gasteiger partial charge in [-0.15, -0.1) is 0 Å². The average molecular weight is 473 g/mol. The molecule has 0 spiro atoms. The predicted octanol–water partition coefficient (Wildman–Crippen LogP) is 2.56. The number of alkyl halides is 2. The van der Waals surface area contributed by atoms with Crippen molar-refractivity contribution in [2.45, 2.75) is 43.7 Å². The van der Waals surface area contributed by atoms with E-state index in [4.69, 9.17) is 4.74 Å². The van der Waals surface area contributed by atoms with Crippen molar-refractivity contribution in [3.05, 3.63) is 46.5 Å². The van der Waals surface area contributed by atoms with Crippen LogP contribution in [-0.2, 0) is 4.74 Å². The molecule has 3 aromatic heterocycles. The van der Waals surface area contributed by atoms with Crippen LogP contribution in [0, 0.1) is 0 Å². The Balaban J connectivity index is 1.46. The molecule has 0 radical (unpaired) electrons. The fraction of sp³-hybridized carbons (Fsp3) is 0.455. The number of pyridine rings is 1. The molecule has 1 saturated carbocycles. The predicted molar refractivity (Wildman–Crippen MR) is 121 cm³/mol. The second kappa shape index (κ2) is 8.67. The largest absolute Gasteiger partial charge is 0.379 e. The van der Waals surface area contributed by atoms with Gasteiger partial charge in [0.05, 0.1) is 24.9 Å². The first kappa shape index (κ1) is 22.3. The molecule has 0 aromatic carbocycles. The van der Waals surface area contributed by atoms with E-state index in [1.807, 2.05) is 0 Å². The molecule has 12 heteroatoms. The minimum Gasteiger partial charge on any atom is -0.379 e. The minimum absolute atomic E-state index is 0.0407. The molecule has 1 aliphatic heterocycles. The molecule has 10 nitrogen and oxygen atoms in total. The normalized spacial score (nSPS) is 21.6. The van der Waals surface area contributed by atoms with E-state index >= 15 is 0 Å². The third kappa shape index (κ3) is 3.98. The Bertz CT molecular complexity index is 1280. The van der Waals surface area contributed by atoms with Crippen molar-refractivity contribution < 1.29 is 18.3 Å². The summed E-state index contributed by atoms with van der Waals surface area (Å²) in [6.45, 7) is 1.17. The maximum absolute atomic E-state index is 13.6. The molecule has 180 valence electrons. The smallest absolute Gasteiger partial charge is 0.274 e. The Hall–Kier alpha value is -3.54. The van der Waals surface area contributed by atoms with E-state index < -0.39 is 17.9 Å². The summed E-state index contributed by atoms with van der Waals surface area (Å²) in [6.07, 6.45) is 4.73. The lowest BCUT2D eigenvalue weighted by Crippen LogP contribution is -2.55. The molecule has 1 amide bonds. The monoisotopic (exact) mass is 473 g/mol. The Morgan fingerprint density at radius 3 is 2.85 bits per heavy atom. The molecule has 4 heterocycles. The van der Waals surface area contributed by atoms with Gasteiger partial charge in [-0.1, -0.05) is 0 Å². The zero-order valence-corrected chi connectivity index (χ0v) is 18.6. The number of ether oxygens (including phenoxy) is 1. The van der Waals surface area contributed by atoms with Crippen LogP contribution >= 0.6 is 0 Å². The summed E-state index contributed by atoms with van der Waals surface area (Å²) in [6, 6.07) is 3.82. The Morgan fingerprint density at radius 1 is 1.32 bits per heavy atom. The van der Waals surface area contributed by atoms with E-state index in [9.17, 15) is 18.4 Å². The molecular formula is C22H25F2N7O3. The van der Waals surface area contributed by atoms with Crippen LogP contribution in [0.3, 0.4) is 0 Å². The molecule has 5 rings (SSSR count). The maximum Gasteiger partial charge on any atom is 0.274 e. The summed E-state index contributed by atoms with van der Waals surface area (Å²) in [5.74, 6) is -2.79. The third-order valence-electron chi connectivity index (χ3n) is 6.32. The van der Waals surface area contributed by atoms with Gasteiger partial charge >= 0.3 is 0 Å². The molecule has 2 atom stereocenters. The Labute approximate surface area is 193 Å². The van der Waals surface area contributed by atoms with Crippen molar-refractivity contribution in [3.8, 4) is 0 Å². The van der Waals surface area contributed by atoms with Gasteiger partial charge < -0.3 is 25.3 Å². The fourth-order valence-corrected chi connectivity index (χ4v) is 4.26. The van der Waals surface area contributed by atoms with E-state index in [1.54, 1.807) is 36.0 Å². The summed E-state index contributed by atoms with van der Waals surface area (Å²) in [5, 5.41) is 12.6. The van der Waals surface area contributed by atoms with Crippen molar-refractivity contribution in [2.24, 2.45) is 0 Å². The van der Waals surface area contributed by atoms with Gasteiger partial charge in [0, 0.05) is 32.3 Å². The molecule has 2 fully saturated rings. The number of amides is 1. The number of nitrogens with zero attached hydrogens (tertiary/aromatic N) is 4. The molecule has 34 heavy (non-hydrogen) atoms. The maximum atomic E-state index is 13.6. The number of hydrogen-bond donors (Lipinski definition) is 3. The second-order valence-electron chi connectivity index (χ2n) is 8.53. The lowest BCUT2D eigenvalue weighted by atomic mass is 9.88. The number of hydrogen-bond acceptors (Lipinski definition) is 7. The SMILES string of the molecule is CNc1cc(Nc2cccn(C3CCCOC3)c2=O)nc2c(C(=O)NC3CCC3(F)F)cnn12. The average Bonchev–Trinajstić information content (AvgIpc) is 3.27. The van der Waals surface area contributed by atoms with E-state index in [-0.39, 0.29) is 35.7 Å². The Morgan fingerprint density at radius 2 is 2.18 bits per heavy atom. The lowest BCUT2D eigenvalue weighted by Gasteiger charge is -2.36. The number of rotatable bonds is 6. The number of aromatic nitrogens is 4. The number of fused-ring (bicyclic) bond motifs is 1. The van der Waals surface area contributed by atoms with Gasteiger partial charge in [-0.3, -0.25) is 9.59 Å². The minimum atomic E-state index is -2.91. The summed E-state index contributed by atoms with van der Waals surface area (Å²) < 4.78 is 35.8. The summed E-state index contributed by atoms with van der Waals surface area (Å²) in [4.78, 5) is 30.3. The highest BCUT2D eigenvalue weighted by Gasteiger charge is 2.49. The van der Waals surface area contributed by atoms with Crippen LogP contribution in [-0.4, -0.2) is 57.3 Å². The van der Waals surface area contributed by atoms with Crippen LogP contribution in [0.2, 0.25) is 0 Å². The first-order valence-electron chi connectivity index (χ1n) is 11.2. The molecule has 2 aliphatic rings. The molecule has 3 N–H and O–H groups in total. The molecule has 0 bridgehead atoms. The molecule has 2 unspecified atom stereocenters. The zero-order chi connectivity index (χ0) is 23.9. The van der Waals surface area contributed by atoms with Crippen LogP contribution in [0.15, 0.2) is 35.4 Å². The van der Waals surface area contributed by atoms with Gasteiger partial charge in [-0.05, 0) is 31.4 Å². The molecule has 3 aromatic rings. The van der Waals surface area contributed by atoms with Crippen LogP contribution in [0.25, 0.3) is 5.65 Å². The first-order chi connectivity index (χ1) is 16.4. The van der Waals surface area contributed by atoms with Crippen molar-refractivity contribution in [1.82, 2.24) is 24.5 Å². The van der Waals surface area contributed by atoms with Gasteiger partial charge in [0.15, 0.2) is 5.65 Å². The van der Waals surface area contributed by atoms with Crippen LogP contribution in [0.5, 0.6) is 0 Å². The van der Waals surface area contributed by atoms with Crippen LogP contribution in [0.1, 0.15) is 42.1 Å². The van der Waals surface area contributed by atoms with Crippen LogP contribution in [0.4, 0.5) is 26.1 Å². The van der Waals surface area contributed by atoms with Gasteiger partial charge in [0.25, 0.3) is 17.4 Å². The molecule has 1 aliphatic carbocycles. The molecular weight excluding hydrogens is 448 g/mol. The van der Waals surface area contributed by atoms with Crippen molar-refractivity contribution in [1.29, 1.82) is 0 Å².